The van der Waals surface area contributed by atoms with E-state index in [1.807, 2.05) is 24.4 Å². The second kappa shape index (κ2) is 5.79. The maximum atomic E-state index is 10.4. The number of benzene rings is 1. The van der Waals surface area contributed by atoms with Crippen LogP contribution in [-0.4, -0.2) is 16.1 Å². The first-order valence-corrected chi connectivity index (χ1v) is 5.04. The first kappa shape index (κ1) is 12.9. The molecule has 0 unspecified atom stereocenters. The summed E-state index contributed by atoms with van der Waals surface area (Å²) in [5.41, 5.74) is 2.31. The number of aliphatic carboxylic acids is 1. The van der Waals surface area contributed by atoms with Crippen molar-refractivity contribution in [2.75, 3.05) is 0 Å². The van der Waals surface area contributed by atoms with Crippen molar-refractivity contribution in [2.45, 2.75) is 19.3 Å². The molecule has 0 spiro atoms. The summed E-state index contributed by atoms with van der Waals surface area (Å²) < 4.78 is 0. The molecular weight excluding hydrogens is 197 g/mol. The van der Waals surface area contributed by atoms with Crippen LogP contribution in [0.25, 0.3) is 10.9 Å². The smallest absolute Gasteiger partial charge is 1.00 e. The number of H-pyrrole nitrogens is 1. The Morgan fingerprint density at radius 2 is 2.12 bits per heavy atom. The third kappa shape index (κ3) is 2.91. The normalized spacial score (nSPS) is 10.0. The summed E-state index contributed by atoms with van der Waals surface area (Å²) in [6, 6.07) is 8.06. The van der Waals surface area contributed by atoms with Gasteiger partial charge in [0.15, 0.2) is 0 Å². The number of aromatic nitrogens is 1. The molecule has 0 radical (unpaired) electrons. The minimum atomic E-state index is -0.727. The van der Waals surface area contributed by atoms with Gasteiger partial charge in [-0.15, -0.1) is 0 Å². The van der Waals surface area contributed by atoms with Gasteiger partial charge in [0.2, 0.25) is 0 Å². The van der Waals surface area contributed by atoms with Crippen LogP contribution in [0.4, 0.5) is 0 Å². The Morgan fingerprint density at radius 3 is 2.88 bits per heavy atom. The molecule has 2 aromatic rings. The van der Waals surface area contributed by atoms with E-state index in [0.717, 1.165) is 11.9 Å². The third-order valence-electron chi connectivity index (χ3n) is 2.51. The van der Waals surface area contributed by atoms with Gasteiger partial charge in [-0.2, -0.15) is 0 Å². The van der Waals surface area contributed by atoms with Gasteiger partial charge in [-0.05, 0) is 24.5 Å². The van der Waals surface area contributed by atoms with Crippen LogP contribution >= 0.6 is 0 Å². The summed E-state index contributed by atoms with van der Waals surface area (Å²) in [5.74, 6) is -0.727. The van der Waals surface area contributed by atoms with Gasteiger partial charge in [0.25, 0.3) is 0 Å². The first-order chi connectivity index (χ1) is 7.27. The minimum absolute atomic E-state index is 0. The molecule has 3 nitrogen and oxygen atoms in total. The van der Waals surface area contributed by atoms with Crippen LogP contribution in [0.3, 0.4) is 0 Å². The van der Waals surface area contributed by atoms with Crippen molar-refractivity contribution >= 4 is 16.9 Å². The van der Waals surface area contributed by atoms with E-state index in [1.54, 1.807) is 0 Å². The predicted molar refractivity (Wildman–Crippen MR) is 60.0 cm³/mol. The second-order valence-electron chi connectivity index (χ2n) is 3.61. The fourth-order valence-corrected chi connectivity index (χ4v) is 1.77. The summed E-state index contributed by atoms with van der Waals surface area (Å²) in [4.78, 5) is 13.6. The Morgan fingerprint density at radius 1 is 1.38 bits per heavy atom. The van der Waals surface area contributed by atoms with E-state index < -0.39 is 5.97 Å². The van der Waals surface area contributed by atoms with E-state index in [2.05, 4.69) is 11.1 Å². The van der Waals surface area contributed by atoms with Crippen molar-refractivity contribution in [3.8, 4) is 0 Å². The number of hydrogen-bond donors (Lipinski definition) is 2. The fraction of sp³-hybridized carbons (Fsp3) is 0.250. The molecule has 0 amide bonds. The molecule has 1 heterocycles. The predicted octanol–water partition coefficient (Wildman–Crippen LogP) is -0.308. The topological polar surface area (TPSA) is 53.1 Å². The fourth-order valence-electron chi connectivity index (χ4n) is 1.77. The first-order valence-electron chi connectivity index (χ1n) is 5.04. The Labute approximate surface area is 108 Å². The summed E-state index contributed by atoms with van der Waals surface area (Å²) >= 11 is 0. The number of aromatic amines is 1. The van der Waals surface area contributed by atoms with E-state index in [9.17, 15) is 4.79 Å². The minimum Gasteiger partial charge on any atom is -1.00 e. The van der Waals surface area contributed by atoms with Gasteiger partial charge in [0.05, 0.1) is 0 Å². The molecule has 0 bridgehead atoms. The third-order valence-corrected chi connectivity index (χ3v) is 2.51. The molecule has 0 aliphatic carbocycles. The van der Waals surface area contributed by atoms with Gasteiger partial charge in [0.1, 0.15) is 0 Å². The summed E-state index contributed by atoms with van der Waals surface area (Å²) in [5, 5.41) is 9.74. The molecule has 80 valence electrons. The number of hydrogen-bond acceptors (Lipinski definition) is 1. The van der Waals surface area contributed by atoms with Gasteiger partial charge in [-0.1, -0.05) is 18.2 Å². The molecule has 0 saturated carbocycles. The Bertz CT molecular complexity index is 484. The Kier molecular flexibility index (Phi) is 4.66. The molecule has 4 heteroatoms. The largest absolute Gasteiger partial charge is 1.00 e. The van der Waals surface area contributed by atoms with Crippen LogP contribution in [0.5, 0.6) is 0 Å². The Balaban J connectivity index is 0.00000128. The van der Waals surface area contributed by atoms with Crippen LogP contribution in [-0.2, 0) is 11.2 Å². The van der Waals surface area contributed by atoms with E-state index in [1.165, 1.54) is 10.9 Å². The molecule has 0 saturated heterocycles. The van der Waals surface area contributed by atoms with Gasteiger partial charge in [0, 0.05) is 23.5 Å². The van der Waals surface area contributed by atoms with Gasteiger partial charge in [-0.25, -0.2) is 0 Å². The molecule has 2 N–H and O–H groups in total. The van der Waals surface area contributed by atoms with Crippen LogP contribution in [0.2, 0.25) is 0 Å². The van der Waals surface area contributed by atoms with Crippen LogP contribution in [0.1, 0.15) is 19.8 Å². The average Bonchev–Trinajstić information content (AvgIpc) is 2.62. The number of carboxylic acid groups (broad SMARTS) is 1. The van der Waals surface area contributed by atoms with Crippen LogP contribution in [0.15, 0.2) is 30.5 Å². The zero-order valence-electron chi connectivity index (χ0n) is 10.4. The SMILES string of the molecule is O=C(O)CCCc1c[nH]c2ccccc12.[H-].[Li+]. The molecule has 16 heavy (non-hydrogen) atoms. The van der Waals surface area contributed by atoms with Gasteiger partial charge < -0.3 is 11.5 Å². The molecule has 2 rings (SSSR count). The number of rotatable bonds is 4. The monoisotopic (exact) mass is 211 g/mol. The molecule has 0 fully saturated rings. The van der Waals surface area contributed by atoms with E-state index in [0.29, 0.717) is 6.42 Å². The van der Waals surface area contributed by atoms with Crippen LogP contribution < -0.4 is 18.9 Å². The van der Waals surface area contributed by atoms with Crippen molar-refractivity contribution in [3.05, 3.63) is 36.0 Å². The van der Waals surface area contributed by atoms with E-state index >= 15 is 0 Å². The van der Waals surface area contributed by atoms with E-state index in [-0.39, 0.29) is 26.7 Å². The Hall–Kier alpha value is -1.17. The maximum absolute atomic E-state index is 10.4. The summed E-state index contributed by atoms with van der Waals surface area (Å²) in [6.07, 6.45) is 3.71. The van der Waals surface area contributed by atoms with Gasteiger partial charge >= 0.3 is 24.8 Å². The summed E-state index contributed by atoms with van der Waals surface area (Å²) in [7, 11) is 0. The number of nitrogens with one attached hydrogen (secondary N) is 1. The molecule has 1 aromatic carbocycles. The van der Waals surface area contributed by atoms with Crippen molar-refractivity contribution in [1.29, 1.82) is 0 Å². The number of fused-ring (bicyclic) bond motifs is 1. The number of carbonyl (C=O) groups is 1. The molecule has 0 atom stereocenters. The average molecular weight is 211 g/mol. The molecule has 1 aromatic heterocycles. The maximum Gasteiger partial charge on any atom is 1.00 e. The van der Waals surface area contributed by atoms with Crippen molar-refractivity contribution in [2.24, 2.45) is 0 Å². The number of para-hydroxylation sites is 1. The number of carboxylic acids is 1. The quantitative estimate of drug-likeness (QED) is 0.682. The molecular formula is C12H14LiNO2. The van der Waals surface area contributed by atoms with Crippen molar-refractivity contribution in [3.63, 3.8) is 0 Å². The zero-order chi connectivity index (χ0) is 10.7. The molecule has 0 aliphatic heterocycles. The zero-order valence-corrected chi connectivity index (χ0v) is 9.36. The van der Waals surface area contributed by atoms with Crippen molar-refractivity contribution in [1.82, 2.24) is 4.98 Å². The van der Waals surface area contributed by atoms with Crippen molar-refractivity contribution < 1.29 is 30.2 Å². The van der Waals surface area contributed by atoms with Crippen LogP contribution in [0, 0.1) is 0 Å². The summed E-state index contributed by atoms with van der Waals surface area (Å²) in [6.45, 7) is 0. The second-order valence-corrected chi connectivity index (χ2v) is 3.61. The number of aryl methyl sites for hydroxylation is 1. The van der Waals surface area contributed by atoms with Gasteiger partial charge in [-0.3, -0.25) is 4.79 Å². The van der Waals surface area contributed by atoms with E-state index in [4.69, 9.17) is 5.11 Å². The standard InChI is InChI=1S/C12H13NO2.Li.H/c14-12(15)7-3-4-9-8-13-11-6-2-1-5-10(9)11;;/h1-2,5-6,8,13H,3-4,7H2,(H,14,15);;/q;+1;-1. The molecule has 0 aliphatic rings.